The molecule has 1 N–H and O–H groups in total. The maximum absolute atomic E-state index is 13.6. The highest BCUT2D eigenvalue weighted by Gasteiger charge is 2.10. The zero-order valence-corrected chi connectivity index (χ0v) is 11.0. The lowest BCUT2D eigenvalue weighted by Gasteiger charge is -2.12. The Hall–Kier alpha value is -2.08. The predicted molar refractivity (Wildman–Crippen MR) is 69.8 cm³/mol. The Morgan fingerprint density at radius 2 is 2.05 bits per heavy atom. The van der Waals surface area contributed by atoms with Gasteiger partial charge in [-0.2, -0.15) is 4.98 Å². The number of ether oxygens (including phenoxy) is 2. The van der Waals surface area contributed by atoms with Crippen molar-refractivity contribution in [2.45, 2.75) is 0 Å². The Morgan fingerprint density at radius 1 is 1.26 bits per heavy atom. The highest BCUT2D eigenvalue weighted by molar-refractivity contribution is 6.28. The van der Waals surface area contributed by atoms with Crippen LogP contribution in [0.25, 0.3) is 0 Å². The largest absolute Gasteiger partial charge is 0.497 e. The summed E-state index contributed by atoms with van der Waals surface area (Å²) in [4.78, 5) is 7.31. The first-order valence-electron chi connectivity index (χ1n) is 5.31. The predicted octanol–water partition coefficient (Wildman–Crippen LogP) is 3.03. The van der Waals surface area contributed by atoms with Gasteiger partial charge >= 0.3 is 0 Å². The van der Waals surface area contributed by atoms with Crippen LogP contribution < -0.4 is 14.8 Å². The fourth-order valence-corrected chi connectivity index (χ4v) is 1.61. The maximum atomic E-state index is 13.6. The lowest BCUT2D eigenvalue weighted by molar-refractivity contribution is 0.404. The smallest absolute Gasteiger partial charge is 0.224 e. The monoisotopic (exact) mass is 283 g/mol. The molecule has 0 unspecified atom stereocenters. The fraction of sp³-hybridized carbons (Fsp3) is 0.167. The second kappa shape index (κ2) is 5.71. The third-order valence-corrected chi connectivity index (χ3v) is 2.56. The van der Waals surface area contributed by atoms with Gasteiger partial charge in [0.15, 0.2) is 11.6 Å². The number of methoxy groups -OCH3 is 2. The van der Waals surface area contributed by atoms with Gasteiger partial charge < -0.3 is 14.8 Å². The SMILES string of the molecule is COc1ccc(OC)c(Nc2nc(Cl)ncc2F)c1. The van der Waals surface area contributed by atoms with E-state index in [2.05, 4.69) is 15.3 Å². The van der Waals surface area contributed by atoms with Crippen LogP contribution in [0.2, 0.25) is 5.28 Å². The molecule has 1 aromatic heterocycles. The van der Waals surface area contributed by atoms with Crippen molar-refractivity contribution in [3.8, 4) is 11.5 Å². The Kier molecular flexibility index (Phi) is 4.01. The average Bonchev–Trinajstić information content (AvgIpc) is 2.42. The molecule has 100 valence electrons. The minimum atomic E-state index is -0.616. The number of rotatable bonds is 4. The summed E-state index contributed by atoms with van der Waals surface area (Å²) in [5, 5.41) is 2.74. The molecular formula is C12H11ClFN3O2. The molecule has 0 atom stereocenters. The number of hydrogen-bond donors (Lipinski definition) is 1. The molecule has 0 fully saturated rings. The Balaban J connectivity index is 2.38. The van der Waals surface area contributed by atoms with Gasteiger partial charge in [-0.05, 0) is 23.7 Å². The van der Waals surface area contributed by atoms with Crippen LogP contribution in [-0.2, 0) is 0 Å². The second-order valence-electron chi connectivity index (χ2n) is 3.53. The summed E-state index contributed by atoms with van der Waals surface area (Å²) < 4.78 is 23.8. The van der Waals surface area contributed by atoms with Crippen molar-refractivity contribution in [2.75, 3.05) is 19.5 Å². The molecule has 0 saturated heterocycles. The van der Waals surface area contributed by atoms with E-state index in [4.69, 9.17) is 21.1 Å². The minimum absolute atomic E-state index is 0.0356. The fourth-order valence-electron chi connectivity index (χ4n) is 1.47. The maximum Gasteiger partial charge on any atom is 0.224 e. The molecule has 2 aromatic rings. The second-order valence-corrected chi connectivity index (χ2v) is 3.86. The van der Waals surface area contributed by atoms with Crippen molar-refractivity contribution in [2.24, 2.45) is 0 Å². The number of hydrogen-bond acceptors (Lipinski definition) is 5. The number of aromatic nitrogens is 2. The molecule has 0 aliphatic heterocycles. The van der Waals surface area contributed by atoms with Crippen LogP contribution in [0, 0.1) is 5.82 Å². The molecule has 19 heavy (non-hydrogen) atoms. The lowest BCUT2D eigenvalue weighted by Crippen LogP contribution is -2.01. The molecular weight excluding hydrogens is 273 g/mol. The van der Waals surface area contributed by atoms with Gasteiger partial charge in [0, 0.05) is 6.07 Å². The van der Waals surface area contributed by atoms with Crippen LogP contribution in [0.5, 0.6) is 11.5 Å². The molecule has 0 bridgehead atoms. The number of halogens is 2. The number of anilines is 2. The van der Waals surface area contributed by atoms with Gasteiger partial charge in [0.25, 0.3) is 0 Å². The van der Waals surface area contributed by atoms with Crippen molar-refractivity contribution in [1.29, 1.82) is 0 Å². The van der Waals surface area contributed by atoms with E-state index in [9.17, 15) is 4.39 Å². The van der Waals surface area contributed by atoms with E-state index in [1.807, 2.05) is 0 Å². The molecule has 5 nitrogen and oxygen atoms in total. The third-order valence-electron chi connectivity index (χ3n) is 2.37. The summed E-state index contributed by atoms with van der Waals surface area (Å²) in [6, 6.07) is 5.09. The van der Waals surface area contributed by atoms with E-state index in [1.54, 1.807) is 18.2 Å². The molecule has 1 aromatic carbocycles. The van der Waals surface area contributed by atoms with E-state index in [0.717, 1.165) is 6.20 Å². The first kappa shape index (κ1) is 13.4. The summed E-state index contributed by atoms with van der Waals surface area (Å²) in [5.74, 6) is 0.472. The van der Waals surface area contributed by atoms with Gasteiger partial charge in [0.2, 0.25) is 5.28 Å². The molecule has 7 heteroatoms. The van der Waals surface area contributed by atoms with Gasteiger partial charge in [-0.25, -0.2) is 9.37 Å². The Morgan fingerprint density at radius 3 is 2.74 bits per heavy atom. The van der Waals surface area contributed by atoms with E-state index >= 15 is 0 Å². The highest BCUT2D eigenvalue weighted by Crippen LogP contribution is 2.31. The zero-order valence-electron chi connectivity index (χ0n) is 10.3. The number of benzene rings is 1. The molecule has 2 rings (SSSR count). The van der Waals surface area contributed by atoms with E-state index < -0.39 is 5.82 Å². The molecule has 1 heterocycles. The zero-order chi connectivity index (χ0) is 13.8. The summed E-state index contributed by atoms with van der Waals surface area (Å²) in [5.41, 5.74) is 0.510. The van der Waals surface area contributed by atoms with Crippen molar-refractivity contribution >= 4 is 23.1 Å². The molecule has 0 amide bonds. The van der Waals surface area contributed by atoms with Crippen LogP contribution in [0.1, 0.15) is 0 Å². The van der Waals surface area contributed by atoms with Crippen LogP contribution in [0.4, 0.5) is 15.9 Å². The van der Waals surface area contributed by atoms with Gasteiger partial charge in [-0.15, -0.1) is 0 Å². The summed E-state index contributed by atoms with van der Waals surface area (Å²) in [6.45, 7) is 0. The van der Waals surface area contributed by atoms with E-state index in [-0.39, 0.29) is 11.1 Å². The van der Waals surface area contributed by atoms with Crippen LogP contribution in [0.3, 0.4) is 0 Å². The molecule has 0 aliphatic carbocycles. The van der Waals surface area contributed by atoms with Gasteiger partial charge in [0.05, 0.1) is 26.1 Å². The Labute approximate surface area is 114 Å². The molecule has 0 radical (unpaired) electrons. The minimum Gasteiger partial charge on any atom is -0.497 e. The molecule has 0 saturated carbocycles. The number of nitrogens with zero attached hydrogens (tertiary/aromatic N) is 2. The Bertz CT molecular complexity index is 595. The van der Waals surface area contributed by atoms with E-state index in [0.29, 0.717) is 17.2 Å². The topological polar surface area (TPSA) is 56.3 Å². The first-order chi connectivity index (χ1) is 9.13. The first-order valence-corrected chi connectivity index (χ1v) is 5.69. The van der Waals surface area contributed by atoms with Crippen LogP contribution in [-0.4, -0.2) is 24.2 Å². The quantitative estimate of drug-likeness (QED) is 0.874. The van der Waals surface area contributed by atoms with Gasteiger partial charge in [-0.1, -0.05) is 0 Å². The van der Waals surface area contributed by atoms with Gasteiger partial charge in [-0.3, -0.25) is 0 Å². The highest BCUT2D eigenvalue weighted by atomic mass is 35.5. The van der Waals surface area contributed by atoms with Crippen molar-refractivity contribution in [1.82, 2.24) is 9.97 Å². The molecule has 0 aliphatic rings. The standard InChI is InChI=1S/C12H11ClFN3O2/c1-18-7-3-4-10(19-2)9(5-7)16-11-8(14)6-15-12(13)17-11/h3-6H,1-2H3,(H,15,16,17). The van der Waals surface area contributed by atoms with Gasteiger partial charge in [0.1, 0.15) is 11.5 Å². The van der Waals surface area contributed by atoms with Crippen molar-refractivity contribution in [3.63, 3.8) is 0 Å². The van der Waals surface area contributed by atoms with Crippen molar-refractivity contribution in [3.05, 3.63) is 35.5 Å². The van der Waals surface area contributed by atoms with E-state index in [1.165, 1.54) is 14.2 Å². The summed E-state index contributed by atoms with van der Waals surface area (Å²) in [7, 11) is 3.05. The average molecular weight is 284 g/mol. The number of nitrogens with one attached hydrogen (secondary N) is 1. The normalized spacial score (nSPS) is 10.1. The van der Waals surface area contributed by atoms with Crippen LogP contribution in [0.15, 0.2) is 24.4 Å². The third kappa shape index (κ3) is 3.03. The summed E-state index contributed by atoms with van der Waals surface area (Å²) >= 11 is 5.63. The molecule has 0 spiro atoms. The lowest BCUT2D eigenvalue weighted by atomic mass is 10.2. The van der Waals surface area contributed by atoms with Crippen molar-refractivity contribution < 1.29 is 13.9 Å². The van der Waals surface area contributed by atoms with Crippen LogP contribution >= 0.6 is 11.6 Å². The summed E-state index contributed by atoms with van der Waals surface area (Å²) in [6.07, 6.45) is 0.990.